The molecule has 0 atom stereocenters. The zero-order valence-electron chi connectivity index (χ0n) is 28.6. The topological polar surface area (TPSA) is 43.6 Å². The minimum Gasteiger partial charge on any atom is -0.309 e. The third-order valence-electron chi connectivity index (χ3n) is 10.6. The minimum atomic E-state index is 0.641. The van der Waals surface area contributed by atoms with Gasteiger partial charge in [-0.15, -0.1) is 0 Å². The van der Waals surface area contributed by atoms with Crippen LogP contribution in [-0.2, 0) is 0 Å². The predicted octanol–water partition coefficient (Wildman–Crippen LogP) is 12.6. The van der Waals surface area contributed by atoms with Crippen molar-refractivity contribution in [2.45, 2.75) is 0 Å². The minimum absolute atomic E-state index is 0.641. The number of fused-ring (bicyclic) bond motifs is 8. The Labute approximate surface area is 305 Å². The first-order chi connectivity index (χ1) is 26.3. The number of rotatable bonds is 4. The number of hydrogen-bond donors (Lipinski definition) is 0. The normalized spacial score (nSPS) is 11.8. The highest BCUT2D eigenvalue weighted by molar-refractivity contribution is 6.22. The molecule has 0 fully saturated rings. The van der Waals surface area contributed by atoms with Crippen LogP contribution in [0.25, 0.3) is 105 Å². The molecule has 9 aromatic carbocycles. The van der Waals surface area contributed by atoms with Gasteiger partial charge in [0.05, 0.1) is 16.7 Å². The van der Waals surface area contributed by atoms with Gasteiger partial charge in [-0.3, -0.25) is 0 Å². The summed E-state index contributed by atoms with van der Waals surface area (Å²) in [5.74, 6) is 1.93. The molecule has 0 bridgehead atoms. The molecule has 0 aliphatic heterocycles. The van der Waals surface area contributed by atoms with Gasteiger partial charge in [-0.2, -0.15) is 0 Å². The Balaban J connectivity index is 1.16. The zero-order valence-corrected chi connectivity index (χ0v) is 28.6. The van der Waals surface area contributed by atoms with Gasteiger partial charge < -0.3 is 4.57 Å². The van der Waals surface area contributed by atoms with Crippen LogP contribution in [-0.4, -0.2) is 19.5 Å². The second kappa shape index (κ2) is 11.7. The lowest BCUT2D eigenvalue weighted by molar-refractivity contribution is 1.08. The predicted molar refractivity (Wildman–Crippen MR) is 220 cm³/mol. The standard InChI is InChI=1S/C49H30N4/c1-3-14-34-29-36(23-21-31(34)11-1)47-50-48(37-24-22-32-12-2-4-15-35(32)30-37)52-49(51-47)41-26-28-44(40-18-8-7-17-39(40)41)53-43-20-10-9-19-42(43)46-38-16-6-5-13-33(38)25-27-45(46)53/h1-30H. The molecule has 0 spiro atoms. The summed E-state index contributed by atoms with van der Waals surface area (Å²) in [4.78, 5) is 15.6. The van der Waals surface area contributed by atoms with Gasteiger partial charge in [-0.25, -0.2) is 15.0 Å². The zero-order chi connectivity index (χ0) is 34.9. The molecule has 0 saturated carbocycles. The van der Waals surface area contributed by atoms with Gasteiger partial charge >= 0.3 is 0 Å². The molecule has 0 N–H and O–H groups in total. The monoisotopic (exact) mass is 674 g/mol. The molecule has 0 unspecified atom stereocenters. The van der Waals surface area contributed by atoms with E-state index in [0.717, 1.165) is 43.9 Å². The fourth-order valence-corrected chi connectivity index (χ4v) is 8.08. The van der Waals surface area contributed by atoms with Gasteiger partial charge in [-0.05, 0) is 74.1 Å². The van der Waals surface area contributed by atoms with Gasteiger partial charge in [0.15, 0.2) is 17.5 Å². The molecule has 11 rings (SSSR count). The molecule has 4 nitrogen and oxygen atoms in total. The molecule has 53 heavy (non-hydrogen) atoms. The van der Waals surface area contributed by atoms with E-state index in [1.54, 1.807) is 0 Å². The molecule has 0 aliphatic carbocycles. The fraction of sp³-hybridized carbons (Fsp3) is 0. The summed E-state index contributed by atoms with van der Waals surface area (Å²) < 4.78 is 2.41. The summed E-state index contributed by atoms with van der Waals surface area (Å²) in [6.07, 6.45) is 0. The van der Waals surface area contributed by atoms with Crippen molar-refractivity contribution in [3.05, 3.63) is 182 Å². The average molecular weight is 675 g/mol. The summed E-state index contributed by atoms with van der Waals surface area (Å²) in [6, 6.07) is 64.6. The van der Waals surface area contributed by atoms with Gasteiger partial charge in [-0.1, -0.05) is 146 Å². The fourth-order valence-electron chi connectivity index (χ4n) is 8.08. The van der Waals surface area contributed by atoms with Gasteiger partial charge in [0.2, 0.25) is 0 Å². The maximum atomic E-state index is 5.22. The summed E-state index contributed by atoms with van der Waals surface area (Å²) in [6.45, 7) is 0. The van der Waals surface area contributed by atoms with E-state index >= 15 is 0 Å². The van der Waals surface area contributed by atoms with Crippen LogP contribution < -0.4 is 0 Å². The molecular formula is C49H30N4. The van der Waals surface area contributed by atoms with Crippen molar-refractivity contribution in [3.8, 4) is 39.9 Å². The quantitative estimate of drug-likeness (QED) is 0.187. The smallest absolute Gasteiger partial charge is 0.164 e. The Bertz CT molecular complexity index is 3150. The number of nitrogens with zero attached hydrogens (tertiary/aromatic N) is 4. The van der Waals surface area contributed by atoms with Gasteiger partial charge in [0.1, 0.15) is 0 Å². The van der Waals surface area contributed by atoms with Crippen LogP contribution in [0.4, 0.5) is 0 Å². The van der Waals surface area contributed by atoms with Crippen LogP contribution in [0.15, 0.2) is 182 Å². The van der Waals surface area contributed by atoms with Crippen LogP contribution in [0, 0.1) is 0 Å². The van der Waals surface area contributed by atoms with Gasteiger partial charge in [0, 0.05) is 32.8 Å². The van der Waals surface area contributed by atoms with Crippen LogP contribution in [0.1, 0.15) is 0 Å². The highest BCUT2D eigenvalue weighted by Crippen LogP contribution is 2.40. The molecule has 2 heterocycles. The van der Waals surface area contributed by atoms with Crippen molar-refractivity contribution in [2.24, 2.45) is 0 Å². The summed E-state index contributed by atoms with van der Waals surface area (Å²) in [7, 11) is 0. The Hall–Kier alpha value is -7.17. The number of para-hydroxylation sites is 1. The SMILES string of the molecule is c1ccc2cc(-c3nc(-c4ccc5ccccc5c4)nc(-c4ccc(-n5c6ccccc6c6c7ccccc7ccc65)c5ccccc45)n3)ccc2c1. The first kappa shape index (κ1) is 29.5. The van der Waals surface area contributed by atoms with Crippen molar-refractivity contribution in [1.82, 2.24) is 19.5 Å². The molecule has 246 valence electrons. The largest absolute Gasteiger partial charge is 0.309 e. The maximum Gasteiger partial charge on any atom is 0.164 e. The van der Waals surface area contributed by atoms with Crippen molar-refractivity contribution >= 4 is 64.9 Å². The van der Waals surface area contributed by atoms with Crippen LogP contribution in [0.5, 0.6) is 0 Å². The van der Waals surface area contributed by atoms with Crippen LogP contribution >= 0.6 is 0 Å². The van der Waals surface area contributed by atoms with Crippen molar-refractivity contribution in [3.63, 3.8) is 0 Å². The second-order valence-corrected chi connectivity index (χ2v) is 13.6. The van der Waals surface area contributed by atoms with E-state index in [2.05, 4.69) is 187 Å². The second-order valence-electron chi connectivity index (χ2n) is 13.6. The van der Waals surface area contributed by atoms with Crippen LogP contribution in [0.3, 0.4) is 0 Å². The lowest BCUT2D eigenvalue weighted by atomic mass is 10.0. The molecule has 0 saturated heterocycles. The Morgan fingerprint density at radius 1 is 0.321 bits per heavy atom. The van der Waals surface area contributed by atoms with E-state index in [1.807, 2.05) is 0 Å². The summed E-state index contributed by atoms with van der Waals surface area (Å²) >= 11 is 0. The third kappa shape index (κ3) is 4.73. The van der Waals surface area contributed by atoms with E-state index in [-0.39, 0.29) is 0 Å². The first-order valence-corrected chi connectivity index (χ1v) is 17.9. The molecule has 0 aliphatic rings. The maximum absolute atomic E-state index is 5.22. The summed E-state index contributed by atoms with van der Waals surface area (Å²) in [5, 5.41) is 11.9. The van der Waals surface area contributed by atoms with Crippen LogP contribution in [0.2, 0.25) is 0 Å². The van der Waals surface area contributed by atoms with Crippen molar-refractivity contribution < 1.29 is 0 Å². The lowest BCUT2D eigenvalue weighted by Gasteiger charge is -2.15. The van der Waals surface area contributed by atoms with E-state index in [4.69, 9.17) is 15.0 Å². The third-order valence-corrected chi connectivity index (χ3v) is 10.6. The molecule has 11 aromatic rings. The van der Waals surface area contributed by atoms with E-state index < -0.39 is 0 Å². The lowest BCUT2D eigenvalue weighted by Crippen LogP contribution is -2.02. The highest BCUT2D eigenvalue weighted by atomic mass is 15.0. The van der Waals surface area contributed by atoms with Crippen molar-refractivity contribution in [2.75, 3.05) is 0 Å². The molecule has 0 radical (unpaired) electrons. The Morgan fingerprint density at radius 3 is 1.51 bits per heavy atom. The number of benzene rings is 9. The Kier molecular flexibility index (Phi) is 6.52. The van der Waals surface area contributed by atoms with Crippen molar-refractivity contribution in [1.29, 1.82) is 0 Å². The van der Waals surface area contributed by atoms with Gasteiger partial charge in [0.25, 0.3) is 0 Å². The van der Waals surface area contributed by atoms with E-state index in [9.17, 15) is 0 Å². The summed E-state index contributed by atoms with van der Waals surface area (Å²) in [5.41, 5.74) is 6.33. The Morgan fingerprint density at radius 2 is 0.830 bits per heavy atom. The first-order valence-electron chi connectivity index (χ1n) is 17.9. The number of aromatic nitrogens is 4. The van der Waals surface area contributed by atoms with E-state index in [1.165, 1.54) is 43.4 Å². The van der Waals surface area contributed by atoms with E-state index in [0.29, 0.717) is 17.5 Å². The molecular weight excluding hydrogens is 645 g/mol. The number of hydrogen-bond acceptors (Lipinski definition) is 3. The molecule has 2 aromatic heterocycles. The molecule has 4 heteroatoms. The molecule has 0 amide bonds. The highest BCUT2D eigenvalue weighted by Gasteiger charge is 2.20. The average Bonchev–Trinajstić information content (AvgIpc) is 3.57.